The van der Waals surface area contributed by atoms with Crippen LogP contribution in [-0.2, 0) is 29.1 Å². The summed E-state index contributed by atoms with van der Waals surface area (Å²) in [6, 6.07) is 9.81. The van der Waals surface area contributed by atoms with Crippen molar-refractivity contribution >= 4 is 11.8 Å². The monoisotopic (exact) mass is 355 g/mol. The van der Waals surface area contributed by atoms with Crippen molar-refractivity contribution in [1.29, 1.82) is 0 Å². The molecule has 138 valence electrons. The number of nitrogens with zero attached hydrogens (tertiary/aromatic N) is 2. The van der Waals surface area contributed by atoms with E-state index in [1.165, 1.54) is 0 Å². The van der Waals surface area contributed by atoms with Crippen LogP contribution in [-0.4, -0.2) is 28.9 Å². The van der Waals surface area contributed by atoms with Crippen molar-refractivity contribution < 1.29 is 14.1 Å². The summed E-state index contributed by atoms with van der Waals surface area (Å²) < 4.78 is 5.30. The van der Waals surface area contributed by atoms with Crippen LogP contribution in [0.25, 0.3) is 0 Å². The van der Waals surface area contributed by atoms with Crippen molar-refractivity contribution in [3.63, 3.8) is 0 Å². The minimum atomic E-state index is 0.00494. The zero-order valence-electron chi connectivity index (χ0n) is 15.3. The second-order valence-electron chi connectivity index (χ2n) is 6.87. The Morgan fingerprint density at radius 1 is 1.27 bits per heavy atom. The fraction of sp³-hybridized carbons (Fsp3) is 0.450. The maximum Gasteiger partial charge on any atom is 0.228 e. The van der Waals surface area contributed by atoms with E-state index in [2.05, 4.69) is 10.5 Å². The Kier molecular flexibility index (Phi) is 5.71. The Bertz CT molecular complexity index is 780. The largest absolute Gasteiger partial charge is 0.361 e. The van der Waals surface area contributed by atoms with E-state index in [1.807, 2.05) is 37.3 Å². The highest BCUT2D eigenvalue weighted by molar-refractivity contribution is 5.78. The molecule has 1 aromatic heterocycles. The van der Waals surface area contributed by atoms with Crippen LogP contribution in [0.3, 0.4) is 0 Å². The number of benzene rings is 1. The van der Waals surface area contributed by atoms with Gasteiger partial charge in [0, 0.05) is 38.5 Å². The molecule has 0 radical (unpaired) electrons. The first-order valence-corrected chi connectivity index (χ1v) is 9.09. The molecule has 2 amide bonds. The number of aromatic nitrogens is 1. The van der Waals surface area contributed by atoms with Gasteiger partial charge in [0.1, 0.15) is 5.76 Å². The van der Waals surface area contributed by atoms with Crippen molar-refractivity contribution in [2.45, 2.75) is 51.6 Å². The van der Waals surface area contributed by atoms with Crippen molar-refractivity contribution in [3.8, 4) is 0 Å². The number of likely N-dealkylation sites (N-methyl/N-ethyl adjacent to an activating group) is 1. The van der Waals surface area contributed by atoms with E-state index < -0.39 is 0 Å². The summed E-state index contributed by atoms with van der Waals surface area (Å²) in [5, 5.41) is 6.87. The normalized spacial score (nSPS) is 13.5. The Morgan fingerprint density at radius 3 is 2.77 bits per heavy atom. The van der Waals surface area contributed by atoms with E-state index in [1.54, 1.807) is 11.9 Å². The van der Waals surface area contributed by atoms with Crippen LogP contribution in [0.15, 0.2) is 34.9 Å². The highest BCUT2D eigenvalue weighted by Gasteiger charge is 2.28. The lowest BCUT2D eigenvalue weighted by Crippen LogP contribution is -2.28. The predicted molar refractivity (Wildman–Crippen MR) is 97.2 cm³/mol. The van der Waals surface area contributed by atoms with Crippen molar-refractivity contribution in [2.75, 3.05) is 7.05 Å². The number of amides is 2. The number of rotatable bonds is 8. The standard InChI is InChI=1S/C20H25N3O3/c1-3-19(24)21-12-14-5-4-6-15(9-14)13-23(2)20(25)11-17-10-18(26-22-17)16-7-8-16/h4-6,9-10,16H,3,7-8,11-13H2,1-2H3,(H,21,24). The average Bonchev–Trinajstić information content (AvgIpc) is 3.39. The van der Waals surface area contributed by atoms with E-state index in [0.717, 1.165) is 29.7 Å². The van der Waals surface area contributed by atoms with E-state index in [9.17, 15) is 9.59 Å². The molecule has 1 heterocycles. The number of hydrogen-bond donors (Lipinski definition) is 1. The molecular formula is C20H25N3O3. The lowest BCUT2D eigenvalue weighted by atomic mass is 10.1. The predicted octanol–water partition coefficient (Wildman–Crippen LogP) is 2.78. The Hall–Kier alpha value is -2.63. The van der Waals surface area contributed by atoms with Gasteiger partial charge in [0.2, 0.25) is 11.8 Å². The minimum Gasteiger partial charge on any atom is -0.361 e. The molecule has 2 aromatic rings. The Balaban J connectivity index is 1.53. The van der Waals surface area contributed by atoms with Gasteiger partial charge in [-0.1, -0.05) is 36.3 Å². The van der Waals surface area contributed by atoms with Gasteiger partial charge in [-0.3, -0.25) is 9.59 Å². The van der Waals surface area contributed by atoms with Gasteiger partial charge in [0.05, 0.1) is 12.1 Å². The van der Waals surface area contributed by atoms with Gasteiger partial charge in [-0.2, -0.15) is 0 Å². The molecule has 1 aliphatic carbocycles. The molecule has 0 aliphatic heterocycles. The number of nitrogens with one attached hydrogen (secondary N) is 1. The number of carbonyl (C=O) groups is 2. The van der Waals surface area contributed by atoms with E-state index in [4.69, 9.17) is 4.52 Å². The van der Waals surface area contributed by atoms with Crippen LogP contribution >= 0.6 is 0 Å². The van der Waals surface area contributed by atoms with Gasteiger partial charge >= 0.3 is 0 Å². The second kappa shape index (κ2) is 8.17. The molecule has 0 atom stereocenters. The molecule has 3 rings (SSSR count). The molecule has 0 unspecified atom stereocenters. The van der Waals surface area contributed by atoms with E-state index in [0.29, 0.717) is 31.1 Å². The van der Waals surface area contributed by atoms with E-state index in [-0.39, 0.29) is 18.2 Å². The summed E-state index contributed by atoms with van der Waals surface area (Å²) in [6.45, 7) is 2.84. The summed E-state index contributed by atoms with van der Waals surface area (Å²) in [4.78, 5) is 25.5. The maximum absolute atomic E-state index is 12.4. The first-order valence-electron chi connectivity index (χ1n) is 9.09. The summed E-state index contributed by atoms with van der Waals surface area (Å²) in [5.74, 6) is 1.43. The summed E-state index contributed by atoms with van der Waals surface area (Å²) in [5.41, 5.74) is 2.75. The molecule has 0 spiro atoms. The SMILES string of the molecule is CCC(=O)NCc1cccc(CN(C)C(=O)Cc2cc(C3CC3)on2)c1. The van der Waals surface area contributed by atoms with Gasteiger partial charge in [-0.05, 0) is 24.0 Å². The van der Waals surface area contributed by atoms with Gasteiger partial charge < -0.3 is 14.7 Å². The van der Waals surface area contributed by atoms with Gasteiger partial charge in [-0.15, -0.1) is 0 Å². The highest BCUT2D eigenvalue weighted by Crippen LogP contribution is 2.40. The van der Waals surface area contributed by atoms with Crippen molar-refractivity contribution in [3.05, 3.63) is 52.9 Å². The molecule has 1 N–H and O–H groups in total. The van der Waals surface area contributed by atoms with Crippen LogP contribution in [0.5, 0.6) is 0 Å². The Labute approximate surface area is 153 Å². The molecular weight excluding hydrogens is 330 g/mol. The molecule has 26 heavy (non-hydrogen) atoms. The molecule has 1 aromatic carbocycles. The second-order valence-corrected chi connectivity index (χ2v) is 6.87. The lowest BCUT2D eigenvalue weighted by molar-refractivity contribution is -0.129. The van der Waals surface area contributed by atoms with Gasteiger partial charge in [0.25, 0.3) is 0 Å². The zero-order chi connectivity index (χ0) is 18.5. The molecule has 1 saturated carbocycles. The van der Waals surface area contributed by atoms with Crippen LogP contribution in [0.1, 0.15) is 54.7 Å². The first-order chi connectivity index (χ1) is 12.5. The molecule has 1 aliphatic rings. The molecule has 0 saturated heterocycles. The molecule has 6 heteroatoms. The highest BCUT2D eigenvalue weighted by atomic mass is 16.5. The van der Waals surface area contributed by atoms with Crippen LogP contribution in [0, 0.1) is 0 Å². The fourth-order valence-electron chi connectivity index (χ4n) is 2.79. The number of hydrogen-bond acceptors (Lipinski definition) is 4. The molecule has 1 fully saturated rings. The smallest absolute Gasteiger partial charge is 0.228 e. The summed E-state index contributed by atoms with van der Waals surface area (Å²) in [7, 11) is 1.79. The van der Waals surface area contributed by atoms with Crippen LogP contribution in [0.2, 0.25) is 0 Å². The summed E-state index contributed by atoms with van der Waals surface area (Å²) >= 11 is 0. The molecule has 6 nitrogen and oxygen atoms in total. The Morgan fingerprint density at radius 2 is 2.04 bits per heavy atom. The molecule has 0 bridgehead atoms. The van der Waals surface area contributed by atoms with Gasteiger partial charge in [0.15, 0.2) is 0 Å². The summed E-state index contributed by atoms with van der Waals surface area (Å²) in [6.07, 6.45) is 3.02. The van der Waals surface area contributed by atoms with E-state index >= 15 is 0 Å². The zero-order valence-corrected chi connectivity index (χ0v) is 15.3. The average molecular weight is 355 g/mol. The fourth-order valence-corrected chi connectivity index (χ4v) is 2.79. The minimum absolute atomic E-state index is 0.00494. The van der Waals surface area contributed by atoms with Crippen LogP contribution < -0.4 is 5.32 Å². The first kappa shape index (κ1) is 18.2. The van der Waals surface area contributed by atoms with Crippen molar-refractivity contribution in [2.24, 2.45) is 0 Å². The van der Waals surface area contributed by atoms with Crippen molar-refractivity contribution in [1.82, 2.24) is 15.4 Å². The van der Waals surface area contributed by atoms with Crippen LogP contribution in [0.4, 0.5) is 0 Å². The third-order valence-corrected chi connectivity index (χ3v) is 4.54. The third kappa shape index (κ3) is 4.94. The maximum atomic E-state index is 12.4. The number of carbonyl (C=O) groups excluding carboxylic acids is 2. The van der Waals surface area contributed by atoms with Gasteiger partial charge in [-0.25, -0.2) is 0 Å². The quantitative estimate of drug-likeness (QED) is 0.790. The third-order valence-electron chi connectivity index (χ3n) is 4.54. The lowest BCUT2D eigenvalue weighted by Gasteiger charge is -2.17. The topological polar surface area (TPSA) is 75.4 Å².